The molecule has 1 N–H and O–H groups in total. The minimum atomic E-state index is -0.308. The predicted molar refractivity (Wildman–Crippen MR) is 64.4 cm³/mol. The number of aliphatic hydroxyl groups is 1. The van der Waals surface area contributed by atoms with Crippen LogP contribution >= 0.6 is 11.8 Å². The SMILES string of the molecule is C=C(O)C(C)(C)SC1=CC=CC=CC1. The Morgan fingerprint density at radius 3 is 2.79 bits per heavy atom. The molecule has 1 nitrogen and oxygen atoms in total. The standard InChI is InChI=1S/C12H16OS/c1-10(13)12(2,3)14-11-8-6-4-5-7-9-11/h4-8,13H,1,9H2,2-3H3. The van der Waals surface area contributed by atoms with E-state index in [1.807, 2.05) is 32.1 Å². The molecule has 0 fully saturated rings. The second-order valence-electron chi connectivity index (χ2n) is 3.71. The molecule has 1 aliphatic carbocycles. The lowest BCUT2D eigenvalue weighted by Crippen LogP contribution is -2.17. The molecule has 0 spiro atoms. The molecule has 0 aliphatic heterocycles. The van der Waals surface area contributed by atoms with Crippen LogP contribution in [0.1, 0.15) is 20.3 Å². The third-order valence-corrected chi connectivity index (χ3v) is 3.35. The Kier molecular flexibility index (Phi) is 3.64. The fourth-order valence-electron chi connectivity index (χ4n) is 1.02. The molecule has 0 aromatic heterocycles. The van der Waals surface area contributed by atoms with Crippen molar-refractivity contribution in [1.29, 1.82) is 0 Å². The minimum Gasteiger partial charge on any atom is -0.511 e. The van der Waals surface area contributed by atoms with Gasteiger partial charge in [0.25, 0.3) is 0 Å². The summed E-state index contributed by atoms with van der Waals surface area (Å²) in [5.74, 6) is 0.223. The largest absolute Gasteiger partial charge is 0.511 e. The first-order chi connectivity index (χ1) is 6.52. The van der Waals surface area contributed by atoms with Crippen LogP contribution in [0.4, 0.5) is 0 Å². The van der Waals surface area contributed by atoms with Crippen molar-refractivity contribution in [3.63, 3.8) is 0 Å². The highest BCUT2D eigenvalue weighted by Gasteiger charge is 2.23. The predicted octanol–water partition coefficient (Wildman–Crippen LogP) is 3.97. The summed E-state index contributed by atoms with van der Waals surface area (Å²) in [6.45, 7) is 7.53. The van der Waals surface area contributed by atoms with E-state index in [9.17, 15) is 5.11 Å². The van der Waals surface area contributed by atoms with E-state index in [1.165, 1.54) is 4.91 Å². The summed E-state index contributed by atoms with van der Waals surface area (Å²) in [4.78, 5) is 1.25. The van der Waals surface area contributed by atoms with E-state index in [1.54, 1.807) is 11.8 Å². The molecule has 0 aromatic rings. The Bertz CT molecular complexity index is 308. The van der Waals surface area contributed by atoms with Crippen molar-refractivity contribution in [2.45, 2.75) is 25.0 Å². The molecule has 0 radical (unpaired) electrons. The van der Waals surface area contributed by atoms with Crippen LogP contribution in [0.25, 0.3) is 0 Å². The zero-order valence-electron chi connectivity index (χ0n) is 8.66. The molecule has 0 heterocycles. The van der Waals surface area contributed by atoms with Gasteiger partial charge in [-0.3, -0.25) is 0 Å². The van der Waals surface area contributed by atoms with Crippen molar-refractivity contribution in [1.82, 2.24) is 0 Å². The van der Waals surface area contributed by atoms with Crippen LogP contribution in [-0.2, 0) is 0 Å². The van der Waals surface area contributed by atoms with Crippen LogP contribution in [0.3, 0.4) is 0 Å². The molecule has 14 heavy (non-hydrogen) atoms. The maximum atomic E-state index is 9.40. The van der Waals surface area contributed by atoms with Crippen LogP contribution in [-0.4, -0.2) is 9.85 Å². The first kappa shape index (κ1) is 11.2. The molecule has 0 saturated carbocycles. The molecular formula is C12H16OS. The van der Waals surface area contributed by atoms with Crippen molar-refractivity contribution < 1.29 is 5.11 Å². The van der Waals surface area contributed by atoms with Crippen LogP contribution < -0.4 is 0 Å². The average molecular weight is 208 g/mol. The van der Waals surface area contributed by atoms with Gasteiger partial charge in [-0.05, 0) is 25.2 Å². The monoisotopic (exact) mass is 208 g/mol. The molecule has 0 saturated heterocycles. The third-order valence-electron chi connectivity index (χ3n) is 2.04. The molecule has 1 rings (SSSR count). The quantitative estimate of drug-likeness (QED) is 0.708. The Balaban J connectivity index is 2.69. The van der Waals surface area contributed by atoms with Gasteiger partial charge < -0.3 is 5.11 Å². The highest BCUT2D eigenvalue weighted by molar-refractivity contribution is 8.04. The van der Waals surface area contributed by atoms with Gasteiger partial charge in [-0.1, -0.05) is 37.0 Å². The van der Waals surface area contributed by atoms with E-state index < -0.39 is 0 Å². The van der Waals surface area contributed by atoms with E-state index in [4.69, 9.17) is 0 Å². The van der Waals surface area contributed by atoms with Gasteiger partial charge in [-0.25, -0.2) is 0 Å². The first-order valence-electron chi connectivity index (χ1n) is 4.62. The summed E-state index contributed by atoms with van der Waals surface area (Å²) in [6.07, 6.45) is 11.2. The number of allylic oxidation sites excluding steroid dienone is 6. The third kappa shape index (κ3) is 3.11. The fourth-order valence-corrected chi connectivity index (χ4v) is 2.12. The number of hydrogen-bond acceptors (Lipinski definition) is 2. The van der Waals surface area contributed by atoms with Crippen LogP contribution in [0.2, 0.25) is 0 Å². The smallest absolute Gasteiger partial charge is 0.101 e. The zero-order valence-corrected chi connectivity index (χ0v) is 9.47. The van der Waals surface area contributed by atoms with Crippen molar-refractivity contribution in [3.8, 4) is 0 Å². The summed E-state index contributed by atoms with van der Waals surface area (Å²) < 4.78 is -0.308. The molecule has 0 unspecified atom stereocenters. The van der Waals surface area contributed by atoms with E-state index in [0.717, 1.165) is 6.42 Å². The zero-order chi connectivity index (χ0) is 10.6. The number of hydrogen-bond donors (Lipinski definition) is 1. The lowest BCUT2D eigenvalue weighted by atomic mass is 10.2. The van der Waals surface area contributed by atoms with E-state index in [0.29, 0.717) is 0 Å². The Hall–Kier alpha value is -0.890. The van der Waals surface area contributed by atoms with Gasteiger partial charge in [-0.15, -0.1) is 11.8 Å². The van der Waals surface area contributed by atoms with Crippen molar-refractivity contribution in [3.05, 3.63) is 47.6 Å². The van der Waals surface area contributed by atoms with Crippen molar-refractivity contribution >= 4 is 11.8 Å². The van der Waals surface area contributed by atoms with Gasteiger partial charge in [0.15, 0.2) is 0 Å². The van der Waals surface area contributed by atoms with E-state index in [2.05, 4.69) is 18.7 Å². The van der Waals surface area contributed by atoms with Gasteiger partial charge in [0.05, 0.1) is 4.75 Å². The topological polar surface area (TPSA) is 20.2 Å². The number of rotatable bonds is 3. The van der Waals surface area contributed by atoms with Gasteiger partial charge in [0, 0.05) is 0 Å². The van der Waals surface area contributed by atoms with E-state index in [-0.39, 0.29) is 10.5 Å². The second kappa shape index (κ2) is 4.56. The van der Waals surface area contributed by atoms with Gasteiger partial charge in [-0.2, -0.15) is 0 Å². The number of aliphatic hydroxyl groups excluding tert-OH is 1. The molecule has 2 heteroatoms. The molecular weight excluding hydrogens is 192 g/mol. The first-order valence-corrected chi connectivity index (χ1v) is 5.44. The summed E-state index contributed by atoms with van der Waals surface area (Å²) in [6, 6.07) is 0. The normalized spacial score (nSPS) is 16.3. The average Bonchev–Trinajstić information content (AvgIpc) is 2.32. The van der Waals surface area contributed by atoms with Crippen LogP contribution in [0.5, 0.6) is 0 Å². The van der Waals surface area contributed by atoms with Crippen molar-refractivity contribution in [2.75, 3.05) is 0 Å². The summed E-state index contributed by atoms with van der Waals surface area (Å²) in [7, 11) is 0. The second-order valence-corrected chi connectivity index (χ2v) is 5.46. The molecule has 0 amide bonds. The Labute approximate surface area is 89.9 Å². The minimum absolute atomic E-state index is 0.223. The van der Waals surface area contributed by atoms with Crippen LogP contribution in [0, 0.1) is 0 Å². The number of thioether (sulfide) groups is 1. The summed E-state index contributed by atoms with van der Waals surface area (Å²) in [5, 5.41) is 9.40. The lowest BCUT2D eigenvalue weighted by Gasteiger charge is -2.23. The summed E-state index contributed by atoms with van der Waals surface area (Å²) in [5.41, 5.74) is 0. The highest BCUT2D eigenvalue weighted by Crippen LogP contribution is 2.37. The maximum Gasteiger partial charge on any atom is 0.101 e. The molecule has 76 valence electrons. The molecule has 0 bridgehead atoms. The molecule has 1 aliphatic rings. The van der Waals surface area contributed by atoms with Gasteiger partial charge >= 0.3 is 0 Å². The lowest BCUT2D eigenvalue weighted by molar-refractivity contribution is 0.370. The van der Waals surface area contributed by atoms with Gasteiger partial charge in [0.2, 0.25) is 0 Å². The fraction of sp³-hybridized carbons (Fsp3) is 0.333. The summed E-state index contributed by atoms with van der Waals surface area (Å²) >= 11 is 1.65. The molecule has 0 atom stereocenters. The molecule has 0 aromatic carbocycles. The van der Waals surface area contributed by atoms with Crippen LogP contribution in [0.15, 0.2) is 47.6 Å². The van der Waals surface area contributed by atoms with E-state index >= 15 is 0 Å². The van der Waals surface area contributed by atoms with Gasteiger partial charge in [0.1, 0.15) is 5.76 Å². The van der Waals surface area contributed by atoms with Crippen molar-refractivity contribution in [2.24, 2.45) is 0 Å². The highest BCUT2D eigenvalue weighted by atomic mass is 32.2. The maximum absolute atomic E-state index is 9.40. The Morgan fingerprint density at radius 1 is 1.43 bits per heavy atom. The Morgan fingerprint density at radius 2 is 2.14 bits per heavy atom.